The summed E-state index contributed by atoms with van der Waals surface area (Å²) in [6.07, 6.45) is 0. The molecule has 0 heterocycles. The van der Waals surface area contributed by atoms with E-state index in [0.29, 0.717) is 17.3 Å². The number of hydrogen-bond acceptors (Lipinski definition) is 3. The van der Waals surface area contributed by atoms with Crippen molar-refractivity contribution in [3.8, 4) is 5.75 Å². The number of halogens is 1. The molecule has 2 aromatic rings. The molecule has 0 atom stereocenters. The van der Waals surface area contributed by atoms with Gasteiger partial charge in [-0.1, -0.05) is 23.7 Å². The normalized spacial score (nSPS) is 11.1. The van der Waals surface area contributed by atoms with Crippen molar-refractivity contribution >= 4 is 23.3 Å². The maximum Gasteiger partial charge on any atom is 0.332 e. The monoisotopic (exact) mass is 317 g/mol. The number of nitrogens with one attached hydrogen (secondary N) is 1. The highest BCUT2D eigenvalue weighted by Crippen LogP contribution is 2.16. The fourth-order valence-electron chi connectivity index (χ4n) is 1.74. The average molecular weight is 318 g/mol. The van der Waals surface area contributed by atoms with Gasteiger partial charge in [0.2, 0.25) is 0 Å². The van der Waals surface area contributed by atoms with Crippen LogP contribution in [-0.2, 0) is 6.61 Å². The van der Waals surface area contributed by atoms with Gasteiger partial charge in [-0.05, 0) is 54.4 Å². The minimum atomic E-state index is -0.692. The summed E-state index contributed by atoms with van der Waals surface area (Å²) in [7, 11) is 0. The van der Waals surface area contributed by atoms with Gasteiger partial charge in [0, 0.05) is 5.02 Å². The molecule has 6 heteroatoms. The molecule has 3 N–H and O–H groups in total. The molecule has 0 aliphatic carbocycles. The Morgan fingerprint density at radius 1 is 1.18 bits per heavy atom. The number of carbonyl (C=O) groups excluding carboxylic acids is 1. The van der Waals surface area contributed by atoms with Gasteiger partial charge in [-0.15, -0.1) is 0 Å². The number of hydrazone groups is 1. The van der Waals surface area contributed by atoms with E-state index in [4.69, 9.17) is 22.1 Å². The van der Waals surface area contributed by atoms with E-state index in [1.807, 2.05) is 48.5 Å². The van der Waals surface area contributed by atoms with Gasteiger partial charge < -0.3 is 10.5 Å². The Kier molecular flexibility index (Phi) is 5.38. The third-order valence-electron chi connectivity index (χ3n) is 2.92. The van der Waals surface area contributed by atoms with Crippen LogP contribution in [0.5, 0.6) is 5.75 Å². The Morgan fingerprint density at radius 2 is 1.82 bits per heavy atom. The third kappa shape index (κ3) is 4.79. The Hall–Kier alpha value is -2.53. The quantitative estimate of drug-likeness (QED) is 0.655. The molecule has 114 valence electrons. The number of carbonyl (C=O) groups is 1. The molecule has 0 unspecified atom stereocenters. The molecular formula is C16H16ClN3O2. The fourth-order valence-corrected chi connectivity index (χ4v) is 1.87. The zero-order valence-electron chi connectivity index (χ0n) is 12.0. The third-order valence-corrected chi connectivity index (χ3v) is 3.18. The predicted octanol–water partition coefficient (Wildman–Crippen LogP) is 3.31. The second-order valence-corrected chi connectivity index (χ2v) is 5.05. The first-order valence-electron chi connectivity index (χ1n) is 6.62. The Labute approximate surface area is 133 Å². The van der Waals surface area contributed by atoms with Crippen LogP contribution in [0, 0.1) is 0 Å². The number of nitrogens with two attached hydrogens (primary N) is 1. The molecule has 22 heavy (non-hydrogen) atoms. The molecule has 2 rings (SSSR count). The van der Waals surface area contributed by atoms with Crippen LogP contribution in [-0.4, -0.2) is 11.7 Å². The summed E-state index contributed by atoms with van der Waals surface area (Å²) in [4.78, 5) is 10.6. The highest BCUT2D eigenvalue weighted by Gasteiger charge is 2.00. The first-order valence-corrected chi connectivity index (χ1v) is 7.00. The Bertz CT molecular complexity index is 667. The predicted molar refractivity (Wildman–Crippen MR) is 87.2 cm³/mol. The molecule has 0 aromatic heterocycles. The molecular weight excluding hydrogens is 302 g/mol. The van der Waals surface area contributed by atoms with Crippen molar-refractivity contribution in [3.63, 3.8) is 0 Å². The Morgan fingerprint density at radius 3 is 2.41 bits per heavy atom. The summed E-state index contributed by atoms with van der Waals surface area (Å²) >= 11 is 5.84. The maximum absolute atomic E-state index is 10.6. The van der Waals surface area contributed by atoms with E-state index in [1.54, 1.807) is 6.92 Å². The minimum absolute atomic E-state index is 0.465. The topological polar surface area (TPSA) is 76.7 Å². The summed E-state index contributed by atoms with van der Waals surface area (Å²) in [6, 6.07) is 14.2. The molecule has 0 bridgehead atoms. The molecule has 0 aliphatic heterocycles. The molecule has 2 aromatic carbocycles. The molecule has 0 saturated heterocycles. The van der Waals surface area contributed by atoms with Crippen LogP contribution in [0.4, 0.5) is 4.79 Å². The molecule has 0 fully saturated rings. The van der Waals surface area contributed by atoms with Gasteiger partial charge in [-0.2, -0.15) is 5.10 Å². The van der Waals surface area contributed by atoms with Crippen LogP contribution in [0.25, 0.3) is 0 Å². The van der Waals surface area contributed by atoms with Gasteiger partial charge in [0.25, 0.3) is 0 Å². The summed E-state index contributed by atoms with van der Waals surface area (Å²) in [5.41, 5.74) is 9.72. The van der Waals surface area contributed by atoms with Crippen LogP contribution in [0.1, 0.15) is 18.1 Å². The number of urea groups is 1. The van der Waals surface area contributed by atoms with Crippen molar-refractivity contribution in [2.45, 2.75) is 13.5 Å². The van der Waals surface area contributed by atoms with Gasteiger partial charge in [-0.25, -0.2) is 10.2 Å². The van der Waals surface area contributed by atoms with Gasteiger partial charge in [0.1, 0.15) is 12.4 Å². The van der Waals surface area contributed by atoms with Crippen LogP contribution in [0.2, 0.25) is 5.02 Å². The molecule has 2 amide bonds. The Balaban J connectivity index is 1.95. The summed E-state index contributed by atoms with van der Waals surface area (Å²) in [5, 5.41) is 4.57. The van der Waals surface area contributed by atoms with Crippen LogP contribution in [0.3, 0.4) is 0 Å². The minimum Gasteiger partial charge on any atom is -0.489 e. The van der Waals surface area contributed by atoms with Gasteiger partial charge >= 0.3 is 6.03 Å². The molecule has 5 nitrogen and oxygen atoms in total. The maximum atomic E-state index is 10.6. The number of hydrogen-bond donors (Lipinski definition) is 2. The van der Waals surface area contributed by atoms with Gasteiger partial charge in [0.05, 0.1) is 5.71 Å². The van der Waals surface area contributed by atoms with E-state index >= 15 is 0 Å². The van der Waals surface area contributed by atoms with E-state index in [1.165, 1.54) is 0 Å². The van der Waals surface area contributed by atoms with E-state index in [-0.39, 0.29) is 0 Å². The number of rotatable bonds is 5. The van der Waals surface area contributed by atoms with Crippen LogP contribution >= 0.6 is 11.6 Å². The van der Waals surface area contributed by atoms with E-state index in [2.05, 4.69) is 10.5 Å². The SMILES string of the molecule is CC(=NNC(N)=O)c1ccc(OCc2ccc(Cl)cc2)cc1. The summed E-state index contributed by atoms with van der Waals surface area (Å²) in [6.45, 7) is 2.24. The van der Waals surface area contributed by atoms with E-state index in [0.717, 1.165) is 16.9 Å². The van der Waals surface area contributed by atoms with Crippen LogP contribution < -0.4 is 15.9 Å². The van der Waals surface area contributed by atoms with E-state index in [9.17, 15) is 4.79 Å². The lowest BCUT2D eigenvalue weighted by molar-refractivity contribution is 0.249. The summed E-state index contributed by atoms with van der Waals surface area (Å²) < 4.78 is 5.69. The highest BCUT2D eigenvalue weighted by molar-refractivity contribution is 6.30. The zero-order valence-corrected chi connectivity index (χ0v) is 12.8. The lowest BCUT2D eigenvalue weighted by Crippen LogP contribution is -2.25. The average Bonchev–Trinajstić information content (AvgIpc) is 2.52. The molecule has 0 aliphatic rings. The molecule has 0 radical (unpaired) electrons. The molecule has 0 saturated carbocycles. The van der Waals surface area contributed by atoms with Crippen LogP contribution in [0.15, 0.2) is 53.6 Å². The lowest BCUT2D eigenvalue weighted by Gasteiger charge is -2.07. The van der Waals surface area contributed by atoms with Crippen molar-refractivity contribution in [2.24, 2.45) is 10.8 Å². The largest absolute Gasteiger partial charge is 0.489 e. The molecule has 0 spiro atoms. The standard InChI is InChI=1S/C16H16ClN3O2/c1-11(19-20-16(18)21)13-4-8-15(9-5-13)22-10-12-2-6-14(17)7-3-12/h2-9H,10H2,1H3,(H3,18,20,21). The number of benzene rings is 2. The van der Waals surface area contributed by atoms with Crippen molar-refractivity contribution in [1.82, 2.24) is 5.43 Å². The van der Waals surface area contributed by atoms with Gasteiger partial charge in [-0.3, -0.25) is 0 Å². The first kappa shape index (κ1) is 15.9. The highest BCUT2D eigenvalue weighted by atomic mass is 35.5. The number of primary amides is 1. The second-order valence-electron chi connectivity index (χ2n) is 4.61. The number of amides is 2. The number of nitrogens with zero attached hydrogens (tertiary/aromatic N) is 1. The van der Waals surface area contributed by atoms with Crippen molar-refractivity contribution in [2.75, 3.05) is 0 Å². The fraction of sp³-hybridized carbons (Fsp3) is 0.125. The first-order chi connectivity index (χ1) is 10.5. The van der Waals surface area contributed by atoms with E-state index < -0.39 is 6.03 Å². The smallest absolute Gasteiger partial charge is 0.332 e. The van der Waals surface area contributed by atoms with Crippen molar-refractivity contribution < 1.29 is 9.53 Å². The zero-order chi connectivity index (χ0) is 15.9. The number of ether oxygens (including phenoxy) is 1. The van der Waals surface area contributed by atoms with Crippen molar-refractivity contribution in [3.05, 3.63) is 64.7 Å². The lowest BCUT2D eigenvalue weighted by atomic mass is 10.1. The second kappa shape index (κ2) is 7.47. The van der Waals surface area contributed by atoms with Crippen molar-refractivity contribution in [1.29, 1.82) is 0 Å². The van der Waals surface area contributed by atoms with Gasteiger partial charge in [0.15, 0.2) is 0 Å². The summed E-state index contributed by atoms with van der Waals surface area (Å²) in [5.74, 6) is 0.745.